The van der Waals surface area contributed by atoms with Crippen LogP contribution < -0.4 is 10.6 Å². The van der Waals surface area contributed by atoms with E-state index in [4.69, 9.17) is 4.52 Å². The van der Waals surface area contributed by atoms with Crippen molar-refractivity contribution in [2.24, 2.45) is 5.41 Å². The monoisotopic (exact) mass is 421 g/mol. The average Bonchev–Trinajstić information content (AvgIpc) is 3.25. The predicted octanol–water partition coefficient (Wildman–Crippen LogP) is 0.427. The van der Waals surface area contributed by atoms with Crippen molar-refractivity contribution in [1.29, 1.82) is 0 Å². The van der Waals surface area contributed by atoms with Crippen LogP contribution in [0, 0.1) is 5.41 Å². The molecular formula is C19H27N5O4S. The van der Waals surface area contributed by atoms with Gasteiger partial charge in [-0.25, -0.2) is 0 Å². The van der Waals surface area contributed by atoms with Crippen molar-refractivity contribution in [3.63, 3.8) is 0 Å². The summed E-state index contributed by atoms with van der Waals surface area (Å²) < 4.78 is 35.1. The smallest absolute Gasteiger partial charge is 0.282 e. The Morgan fingerprint density at radius 3 is 2.45 bits per heavy atom. The maximum absolute atomic E-state index is 13.2. The van der Waals surface area contributed by atoms with Crippen LogP contribution in [0.5, 0.6) is 0 Å². The normalized spacial score (nSPS) is 34.0. The van der Waals surface area contributed by atoms with Gasteiger partial charge in [-0.2, -0.15) is 17.0 Å². The molecule has 158 valence electrons. The summed E-state index contributed by atoms with van der Waals surface area (Å²) in [4.78, 5) is 12.6. The minimum absolute atomic E-state index is 0.0221. The van der Waals surface area contributed by atoms with Gasteiger partial charge in [0.05, 0.1) is 0 Å². The van der Waals surface area contributed by atoms with Gasteiger partial charge in [0.25, 0.3) is 16.1 Å². The van der Waals surface area contributed by atoms with Gasteiger partial charge in [-0.3, -0.25) is 4.79 Å². The first-order valence-corrected chi connectivity index (χ1v) is 12.1. The topological polar surface area (TPSA) is 108 Å². The van der Waals surface area contributed by atoms with Gasteiger partial charge >= 0.3 is 0 Å². The SMILES string of the molecule is O=C(N[C@H]1C[C@H]2CC[C@@H](C1)N2S(=O)(=O)N1CC2(CNC2)C1)c1cc(C2CC2)on1. The second-order valence-electron chi connectivity index (χ2n) is 9.62. The van der Waals surface area contributed by atoms with E-state index < -0.39 is 10.2 Å². The van der Waals surface area contributed by atoms with E-state index in [1.807, 2.05) is 0 Å². The van der Waals surface area contributed by atoms with Gasteiger partial charge in [-0.15, -0.1) is 0 Å². The molecule has 29 heavy (non-hydrogen) atoms. The van der Waals surface area contributed by atoms with Crippen molar-refractivity contribution in [2.45, 2.75) is 62.6 Å². The molecule has 1 spiro atoms. The van der Waals surface area contributed by atoms with Crippen LogP contribution in [0.3, 0.4) is 0 Å². The van der Waals surface area contributed by atoms with E-state index in [1.165, 1.54) is 0 Å². The van der Waals surface area contributed by atoms with E-state index in [0.29, 0.717) is 37.5 Å². The number of amides is 1. The van der Waals surface area contributed by atoms with Crippen LogP contribution in [0.25, 0.3) is 0 Å². The number of rotatable bonds is 5. The summed E-state index contributed by atoms with van der Waals surface area (Å²) in [6.07, 6.45) is 5.26. The standard InChI is InChI=1S/C19H27N5O4S/c25-18(16-7-17(28-22-16)12-1-2-12)21-13-5-14-3-4-15(6-13)24(14)29(26,27)23-10-19(11-23)8-20-9-19/h7,12-15,20H,1-6,8-11H2,(H,21,25)/t13-,14+,15-. The molecular weight excluding hydrogens is 394 g/mol. The summed E-state index contributed by atoms with van der Waals surface area (Å²) in [6.45, 7) is 3.11. The third-order valence-corrected chi connectivity index (χ3v) is 9.40. The average molecular weight is 422 g/mol. The lowest BCUT2D eigenvalue weighted by Gasteiger charge is -2.56. The molecule has 10 heteroatoms. The second kappa shape index (κ2) is 6.26. The molecule has 0 unspecified atom stereocenters. The van der Waals surface area contributed by atoms with Gasteiger partial charge in [0.15, 0.2) is 5.69 Å². The van der Waals surface area contributed by atoms with Crippen molar-refractivity contribution >= 4 is 16.1 Å². The zero-order valence-corrected chi connectivity index (χ0v) is 17.2. The first kappa shape index (κ1) is 18.3. The number of nitrogens with zero attached hydrogens (tertiary/aromatic N) is 3. The van der Waals surface area contributed by atoms with E-state index in [1.54, 1.807) is 14.7 Å². The molecule has 5 aliphatic rings. The number of aromatic nitrogens is 1. The van der Waals surface area contributed by atoms with Crippen molar-refractivity contribution in [3.05, 3.63) is 17.5 Å². The molecule has 1 aromatic rings. The van der Waals surface area contributed by atoms with E-state index in [9.17, 15) is 13.2 Å². The van der Waals surface area contributed by atoms with Crippen LogP contribution in [0.4, 0.5) is 0 Å². The highest BCUT2D eigenvalue weighted by atomic mass is 32.2. The largest absolute Gasteiger partial charge is 0.360 e. The van der Waals surface area contributed by atoms with Crippen molar-refractivity contribution in [3.8, 4) is 0 Å². The van der Waals surface area contributed by atoms with Crippen LogP contribution in [-0.4, -0.2) is 72.4 Å². The van der Waals surface area contributed by atoms with E-state index in [0.717, 1.165) is 44.5 Å². The molecule has 9 nitrogen and oxygen atoms in total. The second-order valence-corrected chi connectivity index (χ2v) is 11.5. The van der Waals surface area contributed by atoms with Crippen LogP contribution in [0.2, 0.25) is 0 Å². The summed E-state index contributed by atoms with van der Waals surface area (Å²) in [5, 5.41) is 10.2. The number of fused-ring (bicyclic) bond motifs is 2. The molecule has 0 radical (unpaired) electrons. The maximum Gasteiger partial charge on any atom is 0.282 e. The summed E-state index contributed by atoms with van der Waals surface area (Å²) >= 11 is 0. The Morgan fingerprint density at radius 1 is 1.17 bits per heavy atom. The molecule has 3 atom stereocenters. The molecule has 1 aliphatic carbocycles. The number of carbonyl (C=O) groups excluding carboxylic acids is 1. The van der Waals surface area contributed by atoms with Gasteiger partial charge in [0.1, 0.15) is 5.76 Å². The Morgan fingerprint density at radius 2 is 1.86 bits per heavy atom. The minimum Gasteiger partial charge on any atom is -0.360 e. The summed E-state index contributed by atoms with van der Waals surface area (Å²) in [6, 6.07) is 1.67. The quantitative estimate of drug-likeness (QED) is 0.714. The zero-order chi connectivity index (χ0) is 19.8. The summed E-state index contributed by atoms with van der Waals surface area (Å²) in [7, 11) is -3.41. The lowest BCUT2D eigenvalue weighted by Crippen LogP contribution is -2.73. The molecule has 1 saturated carbocycles. The van der Waals surface area contributed by atoms with Crippen molar-refractivity contribution < 1.29 is 17.7 Å². The van der Waals surface area contributed by atoms with Gasteiger partial charge in [0.2, 0.25) is 0 Å². The molecule has 2 N–H and O–H groups in total. The number of hydrogen-bond acceptors (Lipinski definition) is 6. The first-order valence-electron chi connectivity index (χ1n) is 10.7. The molecule has 1 aromatic heterocycles. The Balaban J connectivity index is 1.10. The van der Waals surface area contributed by atoms with Crippen molar-refractivity contribution in [2.75, 3.05) is 26.2 Å². The van der Waals surface area contributed by atoms with Gasteiger partial charge in [-0.05, 0) is 38.5 Å². The Bertz CT molecular complexity index is 916. The molecule has 4 saturated heterocycles. The molecule has 4 aliphatic heterocycles. The first-order chi connectivity index (χ1) is 13.9. The van der Waals surface area contributed by atoms with Gasteiger partial charge in [0, 0.05) is 61.7 Å². The summed E-state index contributed by atoms with van der Waals surface area (Å²) in [5.41, 5.74) is 0.504. The number of hydrogen-bond donors (Lipinski definition) is 2. The van der Waals surface area contributed by atoms with Gasteiger partial charge < -0.3 is 15.2 Å². The predicted molar refractivity (Wildman–Crippen MR) is 103 cm³/mol. The maximum atomic E-state index is 13.2. The van der Waals surface area contributed by atoms with E-state index >= 15 is 0 Å². The lowest BCUT2D eigenvalue weighted by molar-refractivity contribution is 0.00959. The van der Waals surface area contributed by atoms with Crippen LogP contribution in [0.15, 0.2) is 10.6 Å². The fourth-order valence-corrected chi connectivity index (χ4v) is 7.82. The zero-order valence-electron chi connectivity index (χ0n) is 16.3. The molecule has 2 bridgehead atoms. The highest BCUT2D eigenvalue weighted by Crippen LogP contribution is 2.43. The lowest BCUT2D eigenvalue weighted by atomic mass is 9.76. The number of nitrogens with one attached hydrogen (secondary N) is 2. The molecule has 1 amide bonds. The molecule has 5 fully saturated rings. The van der Waals surface area contributed by atoms with Crippen LogP contribution in [-0.2, 0) is 10.2 Å². The van der Waals surface area contributed by atoms with Gasteiger partial charge in [-0.1, -0.05) is 5.16 Å². The van der Waals surface area contributed by atoms with E-state index in [2.05, 4.69) is 15.8 Å². The minimum atomic E-state index is -3.41. The fraction of sp³-hybridized carbons (Fsp3) is 0.789. The molecule has 0 aromatic carbocycles. The number of carbonyl (C=O) groups is 1. The third kappa shape index (κ3) is 2.95. The summed E-state index contributed by atoms with van der Waals surface area (Å²) in [5.74, 6) is 0.998. The Hall–Kier alpha value is -1.49. The highest BCUT2D eigenvalue weighted by molar-refractivity contribution is 7.86. The fourth-order valence-electron chi connectivity index (χ4n) is 5.55. The van der Waals surface area contributed by atoms with E-state index in [-0.39, 0.29) is 29.4 Å². The van der Waals surface area contributed by atoms with Crippen LogP contribution in [0.1, 0.15) is 60.7 Å². The van der Waals surface area contributed by atoms with Crippen molar-refractivity contribution in [1.82, 2.24) is 24.4 Å². The molecule has 6 rings (SSSR count). The van der Waals surface area contributed by atoms with Crippen LogP contribution >= 0.6 is 0 Å². The Labute approximate surface area is 170 Å². The highest BCUT2D eigenvalue weighted by Gasteiger charge is 2.56. The third-order valence-electron chi connectivity index (χ3n) is 7.36. The molecule has 5 heterocycles. The Kier molecular flexibility index (Phi) is 3.95. The number of piperidine rings is 1.